The molecule has 1 aromatic rings. The van der Waals surface area contributed by atoms with E-state index in [4.69, 9.17) is 0 Å². The lowest BCUT2D eigenvalue weighted by molar-refractivity contribution is 0.254. The molecule has 0 aromatic carbocycles. The van der Waals surface area contributed by atoms with Crippen LogP contribution in [0.3, 0.4) is 0 Å². The fraction of sp³-hybridized carbons (Fsp3) is 0.643. The largest absolute Gasteiger partial charge is 0.370 e. The zero-order valence-electron chi connectivity index (χ0n) is 12.2. The van der Waals surface area contributed by atoms with E-state index in [-0.39, 0.29) is 11.8 Å². The summed E-state index contributed by atoms with van der Waals surface area (Å²) in [6.07, 6.45) is 3.60. The Bertz CT molecular complexity index is 545. The summed E-state index contributed by atoms with van der Waals surface area (Å²) < 4.78 is 23.0. The van der Waals surface area contributed by atoms with Gasteiger partial charge in [0.15, 0.2) is 9.84 Å². The summed E-state index contributed by atoms with van der Waals surface area (Å²) in [4.78, 5) is 6.41. The second-order valence-corrected chi connectivity index (χ2v) is 7.68. The van der Waals surface area contributed by atoms with E-state index in [1.807, 2.05) is 19.2 Å². The Morgan fingerprint density at radius 1 is 1.50 bits per heavy atom. The molecule has 1 unspecified atom stereocenters. The zero-order chi connectivity index (χ0) is 14.6. The van der Waals surface area contributed by atoms with Crippen molar-refractivity contribution in [2.75, 3.05) is 30.4 Å². The van der Waals surface area contributed by atoms with Gasteiger partial charge in [-0.1, -0.05) is 6.92 Å². The van der Waals surface area contributed by atoms with Gasteiger partial charge in [-0.15, -0.1) is 0 Å². The number of anilines is 1. The number of rotatable bonds is 6. The Balaban J connectivity index is 1.95. The van der Waals surface area contributed by atoms with Crippen molar-refractivity contribution in [2.45, 2.75) is 32.4 Å². The first-order valence-electron chi connectivity index (χ1n) is 7.09. The van der Waals surface area contributed by atoms with E-state index in [1.54, 1.807) is 6.20 Å². The third-order valence-corrected chi connectivity index (χ3v) is 5.39. The minimum atomic E-state index is -2.82. The van der Waals surface area contributed by atoms with Gasteiger partial charge in [-0.25, -0.2) is 13.4 Å². The van der Waals surface area contributed by atoms with Gasteiger partial charge in [-0.3, -0.25) is 4.90 Å². The summed E-state index contributed by atoms with van der Waals surface area (Å²) in [5.74, 6) is 1.49. The van der Waals surface area contributed by atoms with Gasteiger partial charge in [-0.05, 0) is 37.6 Å². The highest BCUT2D eigenvalue weighted by molar-refractivity contribution is 7.91. The van der Waals surface area contributed by atoms with Crippen LogP contribution in [0.2, 0.25) is 0 Å². The van der Waals surface area contributed by atoms with Crippen LogP contribution in [-0.4, -0.2) is 49.4 Å². The van der Waals surface area contributed by atoms with Crippen LogP contribution in [0.15, 0.2) is 18.3 Å². The normalized spacial score (nSPS) is 21.2. The summed E-state index contributed by atoms with van der Waals surface area (Å²) in [6, 6.07) is 4.16. The second kappa shape index (κ2) is 6.54. The van der Waals surface area contributed by atoms with E-state index in [0.29, 0.717) is 5.75 Å². The van der Waals surface area contributed by atoms with Crippen molar-refractivity contribution in [3.05, 3.63) is 23.9 Å². The number of sulfone groups is 1. The summed E-state index contributed by atoms with van der Waals surface area (Å²) in [7, 11) is -0.828. The highest BCUT2D eigenvalue weighted by atomic mass is 32.2. The van der Waals surface area contributed by atoms with Gasteiger partial charge in [-0.2, -0.15) is 0 Å². The Kier molecular flexibility index (Phi) is 4.99. The first kappa shape index (κ1) is 15.3. The van der Waals surface area contributed by atoms with Crippen molar-refractivity contribution in [3.8, 4) is 0 Å². The molecular formula is C14H23N3O2S. The van der Waals surface area contributed by atoms with Crippen LogP contribution in [0.1, 0.15) is 25.3 Å². The van der Waals surface area contributed by atoms with E-state index in [1.165, 1.54) is 0 Å². The molecule has 1 aliphatic heterocycles. The predicted molar refractivity (Wildman–Crippen MR) is 81.5 cm³/mol. The molecule has 112 valence electrons. The standard InChI is InChI=1S/C14H23N3O2S/c1-3-6-15-14-9-12(4-7-16-14)10-17(2)13-5-8-20(18,19)11-13/h4,7,9,13H,3,5-6,8,10-11H2,1-2H3,(H,15,16). The molecule has 0 saturated carbocycles. The summed E-state index contributed by atoms with van der Waals surface area (Å²) in [5.41, 5.74) is 1.16. The first-order chi connectivity index (χ1) is 9.50. The third kappa shape index (κ3) is 4.18. The van der Waals surface area contributed by atoms with Crippen molar-refractivity contribution >= 4 is 15.7 Å². The summed E-state index contributed by atoms with van der Waals surface area (Å²) in [6.45, 7) is 3.78. The number of nitrogens with zero attached hydrogens (tertiary/aromatic N) is 2. The van der Waals surface area contributed by atoms with E-state index < -0.39 is 9.84 Å². The molecule has 20 heavy (non-hydrogen) atoms. The van der Waals surface area contributed by atoms with Crippen LogP contribution in [0.5, 0.6) is 0 Å². The second-order valence-electron chi connectivity index (χ2n) is 5.45. The van der Waals surface area contributed by atoms with Crippen molar-refractivity contribution < 1.29 is 8.42 Å². The molecule has 0 aliphatic carbocycles. The van der Waals surface area contributed by atoms with Crippen LogP contribution in [-0.2, 0) is 16.4 Å². The van der Waals surface area contributed by atoms with Gasteiger partial charge in [0.05, 0.1) is 11.5 Å². The fourth-order valence-electron chi connectivity index (χ4n) is 2.46. The average molecular weight is 297 g/mol. The van der Waals surface area contributed by atoms with Crippen molar-refractivity contribution in [1.82, 2.24) is 9.88 Å². The molecule has 1 aliphatic rings. The molecule has 0 radical (unpaired) electrons. The van der Waals surface area contributed by atoms with E-state index >= 15 is 0 Å². The van der Waals surface area contributed by atoms with Crippen molar-refractivity contribution in [2.24, 2.45) is 0 Å². The molecule has 1 aromatic heterocycles. The topological polar surface area (TPSA) is 62.3 Å². The average Bonchev–Trinajstić information content (AvgIpc) is 2.77. The Hall–Kier alpha value is -1.14. The van der Waals surface area contributed by atoms with Crippen LogP contribution < -0.4 is 5.32 Å². The predicted octanol–water partition coefficient (Wildman–Crippen LogP) is 1.52. The zero-order valence-corrected chi connectivity index (χ0v) is 13.0. The monoisotopic (exact) mass is 297 g/mol. The number of hydrogen-bond donors (Lipinski definition) is 1. The van der Waals surface area contributed by atoms with Gasteiger partial charge in [0.25, 0.3) is 0 Å². The number of pyridine rings is 1. The maximum absolute atomic E-state index is 11.5. The highest BCUT2D eigenvalue weighted by Gasteiger charge is 2.30. The molecule has 1 atom stereocenters. The van der Waals surface area contributed by atoms with Gasteiger partial charge in [0, 0.05) is 25.3 Å². The third-order valence-electron chi connectivity index (χ3n) is 3.64. The van der Waals surface area contributed by atoms with Crippen molar-refractivity contribution in [1.29, 1.82) is 0 Å². The maximum Gasteiger partial charge on any atom is 0.151 e. The number of hydrogen-bond acceptors (Lipinski definition) is 5. The van der Waals surface area contributed by atoms with Gasteiger partial charge in [0.1, 0.15) is 5.82 Å². The Labute approximate surface area is 121 Å². The maximum atomic E-state index is 11.5. The molecule has 1 fully saturated rings. The molecule has 6 heteroatoms. The van der Waals surface area contributed by atoms with Crippen LogP contribution >= 0.6 is 0 Å². The van der Waals surface area contributed by atoms with Gasteiger partial charge in [0.2, 0.25) is 0 Å². The SMILES string of the molecule is CCCNc1cc(CN(C)C2CCS(=O)(=O)C2)ccn1. The van der Waals surface area contributed by atoms with E-state index in [9.17, 15) is 8.42 Å². The molecular weight excluding hydrogens is 274 g/mol. The van der Waals surface area contributed by atoms with Crippen LogP contribution in [0, 0.1) is 0 Å². The molecule has 0 spiro atoms. The van der Waals surface area contributed by atoms with Crippen LogP contribution in [0.4, 0.5) is 5.82 Å². The lowest BCUT2D eigenvalue weighted by atomic mass is 10.2. The molecule has 2 heterocycles. The van der Waals surface area contributed by atoms with Gasteiger partial charge >= 0.3 is 0 Å². The Morgan fingerprint density at radius 3 is 2.95 bits per heavy atom. The highest BCUT2D eigenvalue weighted by Crippen LogP contribution is 2.19. The molecule has 5 nitrogen and oxygen atoms in total. The Morgan fingerprint density at radius 2 is 2.30 bits per heavy atom. The molecule has 0 amide bonds. The van der Waals surface area contributed by atoms with Crippen molar-refractivity contribution in [3.63, 3.8) is 0 Å². The minimum Gasteiger partial charge on any atom is -0.370 e. The molecule has 1 saturated heterocycles. The van der Waals surface area contributed by atoms with E-state index in [0.717, 1.165) is 37.3 Å². The van der Waals surface area contributed by atoms with Gasteiger partial charge < -0.3 is 5.32 Å². The molecule has 0 bridgehead atoms. The smallest absolute Gasteiger partial charge is 0.151 e. The van der Waals surface area contributed by atoms with Crippen LogP contribution in [0.25, 0.3) is 0 Å². The molecule has 1 N–H and O–H groups in total. The summed E-state index contributed by atoms with van der Waals surface area (Å²) in [5, 5.41) is 3.27. The first-order valence-corrected chi connectivity index (χ1v) is 8.92. The quantitative estimate of drug-likeness (QED) is 0.862. The lowest BCUT2D eigenvalue weighted by Crippen LogP contribution is -2.32. The van der Waals surface area contributed by atoms with E-state index in [2.05, 4.69) is 22.1 Å². The number of nitrogens with one attached hydrogen (secondary N) is 1. The number of aromatic nitrogens is 1. The lowest BCUT2D eigenvalue weighted by Gasteiger charge is -2.23. The fourth-order valence-corrected chi connectivity index (χ4v) is 4.27. The molecule has 2 rings (SSSR count). The summed E-state index contributed by atoms with van der Waals surface area (Å²) >= 11 is 0. The minimum absolute atomic E-state index is 0.139.